The lowest BCUT2D eigenvalue weighted by atomic mass is 9.96. The Bertz CT molecular complexity index is 1950. The van der Waals surface area contributed by atoms with Gasteiger partial charge < -0.3 is 29.5 Å². The number of rotatable bonds is 8. The first kappa shape index (κ1) is 31.1. The first-order chi connectivity index (χ1) is 20.8. The van der Waals surface area contributed by atoms with Crippen molar-refractivity contribution in [1.82, 2.24) is 15.5 Å². The monoisotopic (exact) mass is 662 g/mol. The number of furan rings is 2. The minimum absolute atomic E-state index is 0.00568. The van der Waals surface area contributed by atoms with Crippen LogP contribution in [0.4, 0.5) is 0 Å². The fourth-order valence-corrected chi connectivity index (χ4v) is 6.61. The lowest BCUT2D eigenvalue weighted by Crippen LogP contribution is -2.48. The van der Waals surface area contributed by atoms with E-state index < -0.39 is 51.0 Å². The molecule has 13 nitrogen and oxygen atoms in total. The fraction of sp³-hybridized carbons (Fsp3) is 0.214. The number of amides is 3. The quantitative estimate of drug-likeness (QED) is 0.219. The number of aryl methyl sites for hydroxylation is 1. The zero-order valence-electron chi connectivity index (χ0n) is 22.8. The molecule has 0 saturated carbocycles. The van der Waals surface area contributed by atoms with Gasteiger partial charge in [-0.15, -0.1) is 0 Å². The molecule has 1 atom stereocenters. The molecule has 0 unspecified atom stereocenters. The maximum absolute atomic E-state index is 13.2. The van der Waals surface area contributed by atoms with Crippen LogP contribution in [0, 0.1) is 6.92 Å². The molecule has 0 bridgehead atoms. The summed E-state index contributed by atoms with van der Waals surface area (Å²) < 4.78 is 34.1. The molecule has 16 heteroatoms. The van der Waals surface area contributed by atoms with Gasteiger partial charge >= 0.3 is 5.97 Å². The zero-order valence-corrected chi connectivity index (χ0v) is 25.2. The first-order valence-corrected chi connectivity index (χ1v) is 15.3. The van der Waals surface area contributed by atoms with Crippen molar-refractivity contribution in [1.29, 1.82) is 0 Å². The molecule has 3 amide bonds. The van der Waals surface area contributed by atoms with Gasteiger partial charge in [0.25, 0.3) is 17.7 Å². The molecule has 1 aliphatic rings. The number of carboxylic acids is 1. The average Bonchev–Trinajstić information content (AvgIpc) is 3.60. The number of hydrogen-bond acceptors (Lipinski definition) is 8. The van der Waals surface area contributed by atoms with Crippen LogP contribution in [0.5, 0.6) is 0 Å². The van der Waals surface area contributed by atoms with Crippen LogP contribution in [0.15, 0.2) is 56.6 Å². The Morgan fingerprint density at radius 3 is 2.57 bits per heavy atom. The first-order valence-electron chi connectivity index (χ1n) is 12.9. The van der Waals surface area contributed by atoms with Crippen LogP contribution in [-0.4, -0.2) is 61.2 Å². The second-order valence-corrected chi connectivity index (χ2v) is 12.3. The SMILES string of the molecule is Cc1coc(C(=O)NC[C@H](NC(=O)c2c(Cl)cc3c(c2Cl)CCN(C(=O)c2ccc4ccoc4c2)C3)C(=O)O)c1S(N)(=O)=O. The predicted molar refractivity (Wildman–Crippen MR) is 157 cm³/mol. The molecule has 0 aliphatic carbocycles. The van der Waals surface area contributed by atoms with Crippen LogP contribution in [0.1, 0.15) is 48.0 Å². The van der Waals surface area contributed by atoms with Crippen molar-refractivity contribution in [2.45, 2.75) is 30.8 Å². The summed E-state index contributed by atoms with van der Waals surface area (Å²) >= 11 is 13.0. The summed E-state index contributed by atoms with van der Waals surface area (Å²) in [6.07, 6.45) is 2.85. The van der Waals surface area contributed by atoms with Gasteiger partial charge in [-0.3, -0.25) is 14.4 Å². The molecule has 1 aliphatic heterocycles. The molecular weight excluding hydrogens is 639 g/mol. The molecule has 5 rings (SSSR count). The molecule has 0 fully saturated rings. The van der Waals surface area contributed by atoms with Crippen LogP contribution in [0.25, 0.3) is 11.0 Å². The van der Waals surface area contributed by atoms with Crippen LogP contribution in [0.3, 0.4) is 0 Å². The van der Waals surface area contributed by atoms with E-state index in [0.29, 0.717) is 35.2 Å². The Kier molecular flexibility index (Phi) is 8.44. The smallest absolute Gasteiger partial charge is 0.328 e. The number of nitrogens with one attached hydrogen (secondary N) is 2. The number of nitrogens with two attached hydrogens (primary N) is 1. The lowest BCUT2D eigenvalue weighted by Gasteiger charge is -2.30. The molecule has 4 aromatic rings. The second kappa shape index (κ2) is 12.0. The van der Waals surface area contributed by atoms with E-state index >= 15 is 0 Å². The maximum atomic E-state index is 13.2. The predicted octanol–water partition coefficient (Wildman–Crippen LogP) is 3.10. The summed E-state index contributed by atoms with van der Waals surface area (Å²) in [5.41, 5.74) is 2.14. The zero-order chi connectivity index (χ0) is 31.9. The minimum Gasteiger partial charge on any atom is -0.480 e. The second-order valence-electron chi connectivity index (χ2n) is 10.0. The highest BCUT2D eigenvalue weighted by Gasteiger charge is 2.31. The number of carboxylic acid groups (broad SMARTS) is 1. The summed E-state index contributed by atoms with van der Waals surface area (Å²) in [4.78, 5) is 52.0. The van der Waals surface area contributed by atoms with Crippen molar-refractivity contribution in [3.8, 4) is 0 Å². The molecule has 2 aromatic heterocycles. The van der Waals surface area contributed by atoms with Gasteiger partial charge in [0.15, 0.2) is 0 Å². The van der Waals surface area contributed by atoms with Crippen molar-refractivity contribution in [3.05, 3.63) is 86.5 Å². The van der Waals surface area contributed by atoms with E-state index in [1.807, 2.05) is 0 Å². The van der Waals surface area contributed by atoms with Crippen molar-refractivity contribution in [2.24, 2.45) is 5.14 Å². The number of halogens is 2. The highest BCUT2D eigenvalue weighted by molar-refractivity contribution is 7.89. The molecule has 0 radical (unpaired) electrons. The molecule has 3 heterocycles. The Hall–Kier alpha value is -4.37. The van der Waals surface area contributed by atoms with Crippen molar-refractivity contribution < 1.29 is 41.5 Å². The van der Waals surface area contributed by atoms with Gasteiger partial charge in [0.05, 0.1) is 28.1 Å². The summed E-state index contributed by atoms with van der Waals surface area (Å²) in [5, 5.41) is 20.1. The van der Waals surface area contributed by atoms with E-state index in [4.69, 9.17) is 37.2 Å². The van der Waals surface area contributed by atoms with Crippen molar-refractivity contribution in [3.63, 3.8) is 0 Å². The molecular formula is C28H24Cl2N4O9S. The van der Waals surface area contributed by atoms with Gasteiger partial charge in [0, 0.05) is 36.1 Å². The normalized spacial score (nSPS) is 13.8. The summed E-state index contributed by atoms with van der Waals surface area (Å²) in [6.45, 7) is 1.18. The van der Waals surface area contributed by atoms with E-state index in [0.717, 1.165) is 11.6 Å². The highest BCUT2D eigenvalue weighted by Crippen LogP contribution is 2.35. The van der Waals surface area contributed by atoms with Crippen molar-refractivity contribution in [2.75, 3.05) is 13.1 Å². The Labute approximate surface area is 259 Å². The Morgan fingerprint density at radius 1 is 1.11 bits per heavy atom. The Balaban J connectivity index is 1.30. The number of nitrogens with zero attached hydrogens (tertiary/aromatic N) is 1. The van der Waals surface area contributed by atoms with E-state index in [-0.39, 0.29) is 33.6 Å². The van der Waals surface area contributed by atoms with Crippen LogP contribution < -0.4 is 15.8 Å². The molecule has 0 spiro atoms. The van der Waals surface area contributed by atoms with E-state index in [2.05, 4.69) is 10.6 Å². The average molecular weight is 663 g/mol. The third kappa shape index (κ3) is 6.01. The highest BCUT2D eigenvalue weighted by atomic mass is 35.5. The van der Waals surface area contributed by atoms with Gasteiger partial charge in [0.1, 0.15) is 16.5 Å². The summed E-state index contributed by atoms with van der Waals surface area (Å²) in [5.74, 6) is -4.34. The third-order valence-corrected chi connectivity index (χ3v) is 8.89. The number of fused-ring (bicyclic) bond motifs is 2. The van der Waals surface area contributed by atoms with E-state index in [1.54, 1.807) is 29.2 Å². The Morgan fingerprint density at radius 2 is 1.86 bits per heavy atom. The number of primary sulfonamides is 1. The van der Waals surface area contributed by atoms with Crippen molar-refractivity contribution >= 4 is 67.9 Å². The number of sulfonamides is 1. The number of benzene rings is 2. The molecule has 0 saturated heterocycles. The molecule has 44 heavy (non-hydrogen) atoms. The molecule has 230 valence electrons. The topological polar surface area (TPSA) is 202 Å². The van der Waals surface area contributed by atoms with Crippen LogP contribution in [-0.2, 0) is 27.8 Å². The van der Waals surface area contributed by atoms with Gasteiger partial charge in [-0.25, -0.2) is 18.4 Å². The van der Waals surface area contributed by atoms with Gasteiger partial charge in [-0.1, -0.05) is 29.3 Å². The molecule has 2 aromatic carbocycles. The fourth-order valence-electron chi connectivity index (χ4n) is 4.95. The van der Waals surface area contributed by atoms with Gasteiger partial charge in [-0.2, -0.15) is 0 Å². The van der Waals surface area contributed by atoms with Gasteiger partial charge in [-0.05, 0) is 48.7 Å². The van der Waals surface area contributed by atoms with Gasteiger partial charge in [0.2, 0.25) is 15.8 Å². The van der Waals surface area contributed by atoms with E-state index in [1.165, 1.54) is 19.3 Å². The van der Waals surface area contributed by atoms with Crippen LogP contribution >= 0.6 is 23.2 Å². The summed E-state index contributed by atoms with van der Waals surface area (Å²) in [6, 6.07) is 6.79. The minimum atomic E-state index is -4.32. The maximum Gasteiger partial charge on any atom is 0.328 e. The number of hydrogen-bond donors (Lipinski definition) is 4. The number of aliphatic carboxylic acids is 1. The summed E-state index contributed by atoms with van der Waals surface area (Å²) in [7, 11) is -4.32. The molecule has 5 N–H and O–H groups in total. The number of carbonyl (C=O) groups excluding carboxylic acids is 3. The largest absolute Gasteiger partial charge is 0.480 e. The van der Waals surface area contributed by atoms with Crippen LogP contribution in [0.2, 0.25) is 10.0 Å². The third-order valence-electron chi connectivity index (χ3n) is 7.10. The number of carbonyl (C=O) groups is 4. The lowest BCUT2D eigenvalue weighted by molar-refractivity contribution is -0.139. The van der Waals surface area contributed by atoms with E-state index in [9.17, 15) is 32.7 Å². The standard InChI is InChI=1S/C28H24Cl2N4O9S/c1-13-12-43-23(24(13)44(31,40)41)26(36)32-10-19(28(38)39)33-25(35)21-18(29)8-16-11-34(6-4-17(16)22(21)30)27(37)15-3-2-14-5-7-42-20(14)9-15/h2-3,5,7-9,12,19H,4,6,10-11H2,1H3,(H,32,36)(H,33,35)(H,38,39)(H2,31,40,41)/t19-/m0/s1.